The topological polar surface area (TPSA) is 24.5 Å². The maximum absolute atomic E-state index is 6.17. The molecule has 2 heterocycles. The molecule has 2 atom stereocenters. The van der Waals surface area contributed by atoms with Gasteiger partial charge in [-0.15, -0.1) is 0 Å². The molecule has 1 aromatic carbocycles. The maximum atomic E-state index is 6.17. The summed E-state index contributed by atoms with van der Waals surface area (Å²) in [5.41, 5.74) is 1.05. The molecule has 0 saturated carbocycles. The monoisotopic (exact) mass is 308 g/mol. The summed E-state index contributed by atoms with van der Waals surface area (Å²) in [5, 5.41) is 4.47. The van der Waals surface area contributed by atoms with Crippen LogP contribution in [-0.2, 0) is 0 Å². The summed E-state index contributed by atoms with van der Waals surface area (Å²) in [4.78, 5) is 2.64. The second-order valence-corrected chi connectivity index (χ2v) is 6.56. The summed E-state index contributed by atoms with van der Waals surface area (Å²) in [5.74, 6) is 0.926. The molecule has 0 radical (unpaired) electrons. The van der Waals surface area contributed by atoms with Crippen molar-refractivity contribution in [3.63, 3.8) is 0 Å². The Kier molecular flexibility index (Phi) is 4.91. The van der Waals surface area contributed by atoms with Gasteiger partial charge in [-0.25, -0.2) is 0 Å². The number of fused-ring (bicyclic) bond motifs is 1. The van der Waals surface area contributed by atoms with Crippen molar-refractivity contribution in [2.24, 2.45) is 0 Å². The molecule has 0 bridgehead atoms. The number of piperidine rings is 1. The van der Waals surface area contributed by atoms with Crippen molar-refractivity contribution in [2.45, 2.75) is 51.1 Å². The molecular weight excluding hydrogens is 284 g/mol. The smallest absolute Gasteiger partial charge is 0.142 e. The van der Waals surface area contributed by atoms with E-state index in [0.29, 0.717) is 12.1 Å². The van der Waals surface area contributed by atoms with Crippen LogP contribution < -0.4 is 10.1 Å². The van der Waals surface area contributed by atoms with Gasteiger partial charge in [0.15, 0.2) is 0 Å². The van der Waals surface area contributed by atoms with Crippen LogP contribution >= 0.6 is 11.6 Å². The SMILES string of the molecule is CCCOc1ccc(Cl)cc1NC1CCN2CCCCC12. The summed E-state index contributed by atoms with van der Waals surface area (Å²) in [7, 11) is 0. The Balaban J connectivity index is 1.72. The zero-order valence-corrected chi connectivity index (χ0v) is 13.5. The van der Waals surface area contributed by atoms with Crippen molar-refractivity contribution < 1.29 is 4.74 Å². The fourth-order valence-electron chi connectivity index (χ4n) is 3.57. The predicted octanol–water partition coefficient (Wildman–Crippen LogP) is 4.17. The van der Waals surface area contributed by atoms with E-state index in [4.69, 9.17) is 16.3 Å². The third-order valence-electron chi connectivity index (χ3n) is 4.60. The molecule has 2 aliphatic heterocycles. The number of nitrogens with one attached hydrogen (secondary N) is 1. The van der Waals surface area contributed by atoms with Gasteiger partial charge in [-0.2, -0.15) is 0 Å². The molecule has 2 aliphatic rings. The van der Waals surface area contributed by atoms with E-state index in [0.717, 1.165) is 29.5 Å². The summed E-state index contributed by atoms with van der Waals surface area (Å²) in [6.07, 6.45) is 6.25. The number of hydrogen-bond acceptors (Lipinski definition) is 3. The number of ether oxygens (including phenoxy) is 1. The fraction of sp³-hybridized carbons (Fsp3) is 0.647. The molecule has 4 heteroatoms. The van der Waals surface area contributed by atoms with Gasteiger partial charge in [-0.05, 0) is 50.4 Å². The first kappa shape index (κ1) is 15.0. The first-order valence-corrected chi connectivity index (χ1v) is 8.58. The number of halogens is 1. The van der Waals surface area contributed by atoms with Crippen LogP contribution in [0.1, 0.15) is 39.0 Å². The molecule has 2 unspecified atom stereocenters. The molecule has 1 N–H and O–H groups in total. The van der Waals surface area contributed by atoms with Crippen LogP contribution in [0, 0.1) is 0 Å². The van der Waals surface area contributed by atoms with E-state index in [1.54, 1.807) is 0 Å². The predicted molar refractivity (Wildman–Crippen MR) is 88.5 cm³/mol. The fourth-order valence-corrected chi connectivity index (χ4v) is 3.74. The maximum Gasteiger partial charge on any atom is 0.142 e. The molecule has 0 aliphatic carbocycles. The summed E-state index contributed by atoms with van der Waals surface area (Å²) < 4.78 is 5.85. The number of nitrogens with zero attached hydrogens (tertiary/aromatic N) is 1. The summed E-state index contributed by atoms with van der Waals surface area (Å²) in [6.45, 7) is 5.35. The minimum Gasteiger partial charge on any atom is -0.491 e. The number of rotatable bonds is 5. The van der Waals surface area contributed by atoms with Crippen LogP contribution in [0.15, 0.2) is 18.2 Å². The number of anilines is 1. The highest BCUT2D eigenvalue weighted by molar-refractivity contribution is 6.30. The highest BCUT2D eigenvalue weighted by Crippen LogP contribution is 2.34. The minimum atomic E-state index is 0.521. The van der Waals surface area contributed by atoms with Gasteiger partial charge in [-0.1, -0.05) is 24.9 Å². The Morgan fingerprint density at radius 3 is 3.05 bits per heavy atom. The van der Waals surface area contributed by atoms with E-state index < -0.39 is 0 Å². The van der Waals surface area contributed by atoms with Gasteiger partial charge in [0.2, 0.25) is 0 Å². The van der Waals surface area contributed by atoms with Crippen LogP contribution in [0.25, 0.3) is 0 Å². The number of hydrogen-bond donors (Lipinski definition) is 1. The Bertz CT molecular complexity index is 480. The van der Waals surface area contributed by atoms with Crippen LogP contribution in [-0.4, -0.2) is 36.7 Å². The zero-order chi connectivity index (χ0) is 14.7. The molecular formula is C17H25ClN2O. The van der Waals surface area contributed by atoms with Crippen molar-refractivity contribution in [2.75, 3.05) is 25.0 Å². The Labute approximate surface area is 132 Å². The summed E-state index contributed by atoms with van der Waals surface area (Å²) >= 11 is 6.17. The third-order valence-corrected chi connectivity index (χ3v) is 4.84. The van der Waals surface area contributed by atoms with E-state index in [1.165, 1.54) is 38.8 Å². The average molecular weight is 309 g/mol. The van der Waals surface area contributed by atoms with Crippen LogP contribution in [0.5, 0.6) is 5.75 Å². The van der Waals surface area contributed by atoms with E-state index in [-0.39, 0.29) is 0 Å². The van der Waals surface area contributed by atoms with E-state index in [9.17, 15) is 0 Å². The second-order valence-electron chi connectivity index (χ2n) is 6.13. The lowest BCUT2D eigenvalue weighted by Gasteiger charge is -2.33. The quantitative estimate of drug-likeness (QED) is 0.883. The van der Waals surface area contributed by atoms with Crippen molar-refractivity contribution in [1.82, 2.24) is 4.90 Å². The van der Waals surface area contributed by atoms with Crippen LogP contribution in [0.2, 0.25) is 5.02 Å². The van der Waals surface area contributed by atoms with Crippen molar-refractivity contribution in [1.29, 1.82) is 0 Å². The largest absolute Gasteiger partial charge is 0.491 e. The molecule has 2 fully saturated rings. The van der Waals surface area contributed by atoms with Gasteiger partial charge >= 0.3 is 0 Å². The molecule has 2 saturated heterocycles. The molecule has 21 heavy (non-hydrogen) atoms. The normalized spacial score (nSPS) is 25.6. The molecule has 3 rings (SSSR count). The highest BCUT2D eigenvalue weighted by Gasteiger charge is 2.35. The Morgan fingerprint density at radius 2 is 2.19 bits per heavy atom. The summed E-state index contributed by atoms with van der Waals surface area (Å²) in [6, 6.07) is 7.08. The van der Waals surface area contributed by atoms with Gasteiger partial charge in [0.1, 0.15) is 5.75 Å². The average Bonchev–Trinajstić information content (AvgIpc) is 2.90. The van der Waals surface area contributed by atoms with E-state index >= 15 is 0 Å². The first-order valence-electron chi connectivity index (χ1n) is 8.21. The molecule has 116 valence electrons. The van der Waals surface area contributed by atoms with Gasteiger partial charge < -0.3 is 10.1 Å². The van der Waals surface area contributed by atoms with Crippen LogP contribution in [0.3, 0.4) is 0 Å². The zero-order valence-electron chi connectivity index (χ0n) is 12.8. The lowest BCUT2D eigenvalue weighted by molar-refractivity contribution is 0.192. The van der Waals surface area contributed by atoms with Crippen LogP contribution in [0.4, 0.5) is 5.69 Å². The van der Waals surface area contributed by atoms with E-state index in [2.05, 4.69) is 17.1 Å². The molecule has 0 spiro atoms. The molecule has 0 amide bonds. The lowest BCUT2D eigenvalue weighted by atomic mass is 9.99. The van der Waals surface area contributed by atoms with Crippen molar-refractivity contribution in [3.05, 3.63) is 23.2 Å². The lowest BCUT2D eigenvalue weighted by Crippen LogP contribution is -2.41. The first-order chi connectivity index (χ1) is 10.3. The Hall–Kier alpha value is -0.930. The highest BCUT2D eigenvalue weighted by atomic mass is 35.5. The Morgan fingerprint density at radius 1 is 1.29 bits per heavy atom. The van der Waals surface area contributed by atoms with E-state index in [1.807, 2.05) is 18.2 Å². The second kappa shape index (κ2) is 6.89. The van der Waals surface area contributed by atoms with Crippen molar-refractivity contribution in [3.8, 4) is 5.75 Å². The third kappa shape index (κ3) is 3.46. The number of benzene rings is 1. The standard InChI is InChI=1S/C17H25ClN2O/c1-2-11-21-17-7-6-13(18)12-15(17)19-14-8-10-20-9-4-3-5-16(14)20/h6-7,12,14,16,19H,2-5,8-11H2,1H3. The van der Waals surface area contributed by atoms with Gasteiger partial charge in [0.05, 0.1) is 12.3 Å². The molecule has 3 nitrogen and oxygen atoms in total. The minimum absolute atomic E-state index is 0.521. The van der Waals surface area contributed by atoms with Crippen molar-refractivity contribution >= 4 is 17.3 Å². The molecule has 1 aromatic rings. The van der Waals surface area contributed by atoms with Gasteiger partial charge in [-0.3, -0.25) is 4.90 Å². The van der Waals surface area contributed by atoms with Gasteiger partial charge in [0, 0.05) is 23.7 Å². The van der Waals surface area contributed by atoms with Gasteiger partial charge in [0.25, 0.3) is 0 Å². The molecule has 0 aromatic heterocycles.